The summed E-state index contributed by atoms with van der Waals surface area (Å²) in [6.45, 7) is 8.23. The number of benzene rings is 1. The van der Waals surface area contributed by atoms with Gasteiger partial charge >= 0.3 is 0 Å². The van der Waals surface area contributed by atoms with Gasteiger partial charge in [-0.15, -0.1) is 11.3 Å². The second-order valence-corrected chi connectivity index (χ2v) is 5.26. The molecule has 0 bridgehead atoms. The fraction of sp³-hybridized carbons (Fsp3) is 0.357. The second kappa shape index (κ2) is 5.43. The molecule has 0 aliphatic heterocycles. The van der Waals surface area contributed by atoms with E-state index in [-0.39, 0.29) is 0 Å². The van der Waals surface area contributed by atoms with E-state index in [1.54, 1.807) is 11.3 Å². The van der Waals surface area contributed by atoms with Crippen LogP contribution >= 0.6 is 11.3 Å². The first-order valence-electron chi connectivity index (χ1n) is 5.83. The molecule has 0 aliphatic rings. The first-order valence-corrected chi connectivity index (χ1v) is 6.71. The number of aryl methyl sites for hydroxylation is 2. The molecule has 2 rings (SSSR count). The van der Waals surface area contributed by atoms with Crippen molar-refractivity contribution in [3.8, 4) is 0 Å². The zero-order valence-electron chi connectivity index (χ0n) is 10.6. The molecule has 2 nitrogen and oxygen atoms in total. The molecule has 0 amide bonds. The number of rotatable bonds is 4. The van der Waals surface area contributed by atoms with Crippen LogP contribution in [0.15, 0.2) is 23.7 Å². The highest BCUT2D eigenvalue weighted by Gasteiger charge is 2.03. The van der Waals surface area contributed by atoms with Crippen LogP contribution in [-0.4, -0.2) is 4.98 Å². The number of hydrogen-bond donors (Lipinski definition) is 1. The normalized spacial score (nSPS) is 10.8. The molecule has 3 heteroatoms. The van der Waals surface area contributed by atoms with E-state index in [4.69, 9.17) is 0 Å². The molecule has 0 radical (unpaired) electrons. The minimum atomic E-state index is 0.907. The Hall–Kier alpha value is -1.19. The van der Waals surface area contributed by atoms with Crippen LogP contribution in [0.3, 0.4) is 0 Å². The topological polar surface area (TPSA) is 24.9 Å². The molecule has 1 N–H and O–H groups in total. The van der Waals surface area contributed by atoms with Gasteiger partial charge in [0.25, 0.3) is 0 Å². The molecule has 0 aliphatic carbocycles. The fourth-order valence-corrected chi connectivity index (χ4v) is 2.56. The van der Waals surface area contributed by atoms with Gasteiger partial charge in [-0.3, -0.25) is 0 Å². The fourth-order valence-electron chi connectivity index (χ4n) is 1.81. The van der Waals surface area contributed by atoms with Gasteiger partial charge in [0, 0.05) is 18.0 Å². The van der Waals surface area contributed by atoms with E-state index in [1.807, 2.05) is 5.51 Å². The van der Waals surface area contributed by atoms with E-state index in [9.17, 15) is 0 Å². The highest BCUT2D eigenvalue weighted by molar-refractivity contribution is 7.09. The van der Waals surface area contributed by atoms with E-state index in [2.05, 4.69) is 49.3 Å². The van der Waals surface area contributed by atoms with Crippen LogP contribution < -0.4 is 5.32 Å². The van der Waals surface area contributed by atoms with Gasteiger partial charge in [0.15, 0.2) is 0 Å². The molecule has 1 aromatic carbocycles. The summed E-state index contributed by atoms with van der Waals surface area (Å²) in [4.78, 5) is 5.58. The Morgan fingerprint density at radius 2 is 2.00 bits per heavy atom. The number of aromatic nitrogens is 1. The molecule has 0 fully saturated rings. The van der Waals surface area contributed by atoms with Crippen molar-refractivity contribution in [1.29, 1.82) is 0 Å². The van der Waals surface area contributed by atoms with Crippen molar-refractivity contribution < 1.29 is 0 Å². The Morgan fingerprint density at radius 1 is 1.18 bits per heavy atom. The SMILES string of the molecule is Cc1cccc(CNCc2scnc2C)c1C. The number of nitrogens with zero attached hydrogens (tertiary/aromatic N) is 1. The van der Waals surface area contributed by atoms with Gasteiger partial charge in [-0.2, -0.15) is 0 Å². The van der Waals surface area contributed by atoms with Crippen molar-refractivity contribution in [2.75, 3.05) is 0 Å². The number of nitrogens with one attached hydrogen (secondary N) is 1. The lowest BCUT2D eigenvalue weighted by Gasteiger charge is -2.09. The Bertz CT molecular complexity index is 503. The Kier molecular flexibility index (Phi) is 3.92. The lowest BCUT2D eigenvalue weighted by Crippen LogP contribution is -2.13. The summed E-state index contributed by atoms with van der Waals surface area (Å²) < 4.78 is 0. The van der Waals surface area contributed by atoms with E-state index < -0.39 is 0 Å². The standard InChI is InChI=1S/C14H18N2S/c1-10-5-4-6-13(11(10)2)7-15-8-14-12(3)16-9-17-14/h4-6,9,15H,7-8H2,1-3H3. The van der Waals surface area contributed by atoms with E-state index in [0.29, 0.717) is 0 Å². The Balaban J connectivity index is 1.95. The van der Waals surface area contributed by atoms with Gasteiger partial charge in [0.05, 0.1) is 11.2 Å². The maximum Gasteiger partial charge on any atom is 0.0798 e. The van der Waals surface area contributed by atoms with Crippen LogP contribution in [0.25, 0.3) is 0 Å². The molecule has 17 heavy (non-hydrogen) atoms. The van der Waals surface area contributed by atoms with Crippen LogP contribution in [0.1, 0.15) is 27.3 Å². The maximum atomic E-state index is 4.25. The van der Waals surface area contributed by atoms with Crippen LogP contribution in [0.4, 0.5) is 0 Å². The quantitative estimate of drug-likeness (QED) is 0.894. The van der Waals surface area contributed by atoms with Gasteiger partial charge in [-0.05, 0) is 37.5 Å². The largest absolute Gasteiger partial charge is 0.308 e. The summed E-state index contributed by atoms with van der Waals surface area (Å²) in [5.41, 5.74) is 7.18. The van der Waals surface area contributed by atoms with Crippen LogP contribution in [0, 0.1) is 20.8 Å². The first-order chi connectivity index (χ1) is 8.18. The molecule has 0 spiro atoms. The smallest absolute Gasteiger partial charge is 0.0798 e. The first kappa shape index (κ1) is 12.3. The maximum absolute atomic E-state index is 4.25. The van der Waals surface area contributed by atoms with Crippen LogP contribution in [0.5, 0.6) is 0 Å². The molecule has 0 saturated heterocycles. The summed E-state index contributed by atoms with van der Waals surface area (Å²) >= 11 is 1.72. The van der Waals surface area contributed by atoms with Crippen molar-refractivity contribution in [1.82, 2.24) is 10.3 Å². The average molecular weight is 246 g/mol. The predicted octanol–water partition coefficient (Wildman–Crippen LogP) is 3.36. The van der Waals surface area contributed by atoms with Crippen molar-refractivity contribution in [3.05, 3.63) is 51.0 Å². The zero-order valence-corrected chi connectivity index (χ0v) is 11.4. The minimum absolute atomic E-state index is 0.907. The van der Waals surface area contributed by atoms with Crippen molar-refractivity contribution in [2.24, 2.45) is 0 Å². The third-order valence-corrected chi connectivity index (χ3v) is 4.10. The van der Waals surface area contributed by atoms with Gasteiger partial charge in [-0.25, -0.2) is 4.98 Å². The summed E-state index contributed by atoms with van der Waals surface area (Å²) in [5, 5.41) is 3.48. The molecule has 90 valence electrons. The summed E-state index contributed by atoms with van der Waals surface area (Å²) in [5.74, 6) is 0. The Labute approximate surface area is 107 Å². The Morgan fingerprint density at radius 3 is 2.71 bits per heavy atom. The average Bonchev–Trinajstić information content (AvgIpc) is 2.71. The molecular formula is C14H18N2S. The minimum Gasteiger partial charge on any atom is -0.308 e. The monoisotopic (exact) mass is 246 g/mol. The highest BCUT2D eigenvalue weighted by atomic mass is 32.1. The third kappa shape index (κ3) is 2.93. The van der Waals surface area contributed by atoms with Crippen LogP contribution in [0.2, 0.25) is 0 Å². The van der Waals surface area contributed by atoms with Crippen molar-refractivity contribution in [2.45, 2.75) is 33.9 Å². The van der Waals surface area contributed by atoms with Crippen molar-refractivity contribution in [3.63, 3.8) is 0 Å². The number of thiazole rings is 1. The van der Waals surface area contributed by atoms with E-state index >= 15 is 0 Å². The van der Waals surface area contributed by atoms with E-state index in [0.717, 1.165) is 18.8 Å². The zero-order chi connectivity index (χ0) is 12.3. The second-order valence-electron chi connectivity index (χ2n) is 4.32. The van der Waals surface area contributed by atoms with E-state index in [1.165, 1.54) is 21.6 Å². The molecule has 2 aromatic rings. The highest BCUT2D eigenvalue weighted by Crippen LogP contribution is 2.14. The van der Waals surface area contributed by atoms with Gasteiger partial charge in [0.2, 0.25) is 0 Å². The van der Waals surface area contributed by atoms with Crippen molar-refractivity contribution >= 4 is 11.3 Å². The summed E-state index contributed by atoms with van der Waals surface area (Å²) in [6, 6.07) is 6.47. The predicted molar refractivity (Wildman–Crippen MR) is 73.3 cm³/mol. The molecule has 0 atom stereocenters. The lowest BCUT2D eigenvalue weighted by molar-refractivity contribution is 0.694. The van der Waals surface area contributed by atoms with Gasteiger partial charge in [-0.1, -0.05) is 18.2 Å². The molecule has 1 heterocycles. The van der Waals surface area contributed by atoms with Gasteiger partial charge < -0.3 is 5.32 Å². The molecule has 1 aromatic heterocycles. The summed E-state index contributed by atoms with van der Waals surface area (Å²) in [7, 11) is 0. The number of hydrogen-bond acceptors (Lipinski definition) is 3. The molecule has 0 unspecified atom stereocenters. The van der Waals surface area contributed by atoms with Gasteiger partial charge in [0.1, 0.15) is 0 Å². The molecule has 0 saturated carbocycles. The molecular weight excluding hydrogens is 228 g/mol. The third-order valence-electron chi connectivity index (χ3n) is 3.16. The lowest BCUT2D eigenvalue weighted by atomic mass is 10.0. The summed E-state index contributed by atoms with van der Waals surface area (Å²) in [6.07, 6.45) is 0. The van der Waals surface area contributed by atoms with Crippen LogP contribution in [-0.2, 0) is 13.1 Å².